The lowest BCUT2D eigenvalue weighted by molar-refractivity contribution is 0.413. The van der Waals surface area contributed by atoms with Gasteiger partial charge in [0, 0.05) is 13.6 Å². The van der Waals surface area contributed by atoms with E-state index >= 15 is 0 Å². The van der Waals surface area contributed by atoms with E-state index in [-0.39, 0.29) is 11.6 Å². The van der Waals surface area contributed by atoms with Crippen molar-refractivity contribution in [1.29, 1.82) is 0 Å². The minimum atomic E-state index is -0.264. The number of methoxy groups -OCH3 is 1. The Kier molecular flexibility index (Phi) is 3.79. The number of nitrogens with two attached hydrogens (primary N) is 1. The molecule has 19 heavy (non-hydrogen) atoms. The molecule has 1 aromatic carbocycles. The van der Waals surface area contributed by atoms with Gasteiger partial charge in [0.2, 0.25) is 5.75 Å². The SMILES string of the molecule is COc1c(N)ncnc1N(C)Cc1cccc(F)c1. The van der Waals surface area contributed by atoms with Crippen molar-refractivity contribution in [1.82, 2.24) is 9.97 Å². The molecule has 0 spiro atoms. The fourth-order valence-electron chi connectivity index (χ4n) is 1.83. The van der Waals surface area contributed by atoms with Crippen LogP contribution < -0.4 is 15.4 Å². The van der Waals surface area contributed by atoms with Crippen LogP contribution in [0.4, 0.5) is 16.0 Å². The summed E-state index contributed by atoms with van der Waals surface area (Å²) < 4.78 is 18.3. The van der Waals surface area contributed by atoms with Crippen LogP contribution in [-0.2, 0) is 6.54 Å². The first-order valence-electron chi connectivity index (χ1n) is 5.72. The molecular weight excluding hydrogens is 247 g/mol. The van der Waals surface area contributed by atoms with E-state index in [4.69, 9.17) is 10.5 Å². The van der Waals surface area contributed by atoms with Gasteiger partial charge in [-0.1, -0.05) is 12.1 Å². The van der Waals surface area contributed by atoms with Gasteiger partial charge in [0.1, 0.15) is 12.1 Å². The summed E-state index contributed by atoms with van der Waals surface area (Å²) in [4.78, 5) is 9.84. The van der Waals surface area contributed by atoms with Gasteiger partial charge in [-0.2, -0.15) is 0 Å². The summed E-state index contributed by atoms with van der Waals surface area (Å²) in [6, 6.07) is 6.40. The first-order valence-corrected chi connectivity index (χ1v) is 5.72. The normalized spacial score (nSPS) is 10.3. The standard InChI is InChI=1S/C13H15FN4O/c1-18(7-9-4-3-5-10(14)6-9)13-11(19-2)12(15)16-8-17-13/h3-6,8H,7H2,1-2H3,(H2,15,16,17). The Hall–Kier alpha value is -2.37. The number of halogens is 1. The van der Waals surface area contributed by atoms with Gasteiger partial charge in [0.05, 0.1) is 7.11 Å². The summed E-state index contributed by atoms with van der Waals surface area (Å²) in [6.45, 7) is 0.491. The van der Waals surface area contributed by atoms with Crippen LogP contribution in [0.2, 0.25) is 0 Å². The molecule has 0 aliphatic heterocycles. The topological polar surface area (TPSA) is 64.3 Å². The predicted octanol–water partition coefficient (Wildman–Crippen LogP) is 1.84. The quantitative estimate of drug-likeness (QED) is 0.910. The Morgan fingerprint density at radius 2 is 2.16 bits per heavy atom. The Labute approximate surface area is 110 Å². The van der Waals surface area contributed by atoms with Crippen LogP contribution in [0.5, 0.6) is 5.75 Å². The molecule has 100 valence electrons. The number of hydrogen-bond acceptors (Lipinski definition) is 5. The monoisotopic (exact) mass is 262 g/mol. The van der Waals surface area contributed by atoms with Gasteiger partial charge >= 0.3 is 0 Å². The molecule has 0 saturated heterocycles. The highest BCUT2D eigenvalue weighted by atomic mass is 19.1. The highest BCUT2D eigenvalue weighted by Crippen LogP contribution is 2.29. The lowest BCUT2D eigenvalue weighted by atomic mass is 10.2. The molecule has 0 fully saturated rings. The molecule has 0 saturated carbocycles. The van der Waals surface area contributed by atoms with Gasteiger partial charge in [-0.05, 0) is 17.7 Å². The second kappa shape index (κ2) is 5.51. The van der Waals surface area contributed by atoms with Crippen molar-refractivity contribution >= 4 is 11.6 Å². The van der Waals surface area contributed by atoms with Crippen molar-refractivity contribution in [2.24, 2.45) is 0 Å². The lowest BCUT2D eigenvalue weighted by Gasteiger charge is -2.20. The average Bonchev–Trinajstić information content (AvgIpc) is 2.38. The number of nitrogens with zero attached hydrogens (tertiary/aromatic N) is 3. The number of nitrogen functional groups attached to an aromatic ring is 1. The van der Waals surface area contributed by atoms with Crippen molar-refractivity contribution in [3.05, 3.63) is 42.0 Å². The van der Waals surface area contributed by atoms with Gasteiger partial charge in [-0.15, -0.1) is 0 Å². The molecular formula is C13H15FN4O. The molecule has 6 heteroatoms. The van der Waals surface area contributed by atoms with Crippen LogP contribution in [0.25, 0.3) is 0 Å². The third kappa shape index (κ3) is 2.90. The minimum Gasteiger partial charge on any atom is -0.490 e. The molecule has 0 bridgehead atoms. The largest absolute Gasteiger partial charge is 0.490 e. The van der Waals surface area contributed by atoms with E-state index < -0.39 is 0 Å². The van der Waals surface area contributed by atoms with E-state index in [2.05, 4.69) is 9.97 Å². The second-order valence-electron chi connectivity index (χ2n) is 4.10. The molecule has 0 aliphatic rings. The maximum atomic E-state index is 13.1. The van der Waals surface area contributed by atoms with Crippen molar-refractivity contribution in [2.75, 3.05) is 24.8 Å². The Morgan fingerprint density at radius 3 is 2.84 bits per heavy atom. The zero-order valence-electron chi connectivity index (χ0n) is 10.8. The van der Waals surface area contributed by atoms with Crippen LogP contribution in [0.3, 0.4) is 0 Å². The number of hydrogen-bond donors (Lipinski definition) is 1. The molecule has 0 radical (unpaired) electrons. The minimum absolute atomic E-state index is 0.264. The Bertz CT molecular complexity index is 576. The zero-order valence-corrected chi connectivity index (χ0v) is 10.8. The lowest BCUT2D eigenvalue weighted by Crippen LogP contribution is -2.19. The van der Waals surface area contributed by atoms with Crippen LogP contribution >= 0.6 is 0 Å². The third-order valence-corrected chi connectivity index (χ3v) is 2.69. The number of aromatic nitrogens is 2. The molecule has 1 heterocycles. The van der Waals surface area contributed by atoms with E-state index in [9.17, 15) is 4.39 Å². The highest BCUT2D eigenvalue weighted by molar-refractivity contribution is 5.62. The molecule has 1 aromatic heterocycles. The van der Waals surface area contributed by atoms with Crippen LogP contribution in [0.15, 0.2) is 30.6 Å². The fraction of sp³-hybridized carbons (Fsp3) is 0.231. The van der Waals surface area contributed by atoms with E-state index in [1.165, 1.54) is 25.6 Å². The summed E-state index contributed by atoms with van der Waals surface area (Å²) in [6.07, 6.45) is 1.37. The molecule has 0 aliphatic carbocycles. The molecule has 0 unspecified atom stereocenters. The number of anilines is 2. The second-order valence-corrected chi connectivity index (χ2v) is 4.10. The van der Waals surface area contributed by atoms with Crippen LogP contribution in [-0.4, -0.2) is 24.1 Å². The molecule has 2 aromatic rings. The maximum Gasteiger partial charge on any atom is 0.204 e. The third-order valence-electron chi connectivity index (χ3n) is 2.69. The maximum absolute atomic E-state index is 13.1. The average molecular weight is 262 g/mol. The molecule has 2 N–H and O–H groups in total. The van der Waals surface area contributed by atoms with Crippen molar-refractivity contribution < 1.29 is 9.13 Å². The Morgan fingerprint density at radius 1 is 1.37 bits per heavy atom. The molecule has 0 atom stereocenters. The van der Waals surface area contributed by atoms with E-state index in [0.29, 0.717) is 18.1 Å². The summed E-state index contributed by atoms with van der Waals surface area (Å²) >= 11 is 0. The summed E-state index contributed by atoms with van der Waals surface area (Å²) in [7, 11) is 3.34. The van der Waals surface area contributed by atoms with Crippen LogP contribution in [0, 0.1) is 5.82 Å². The van der Waals surface area contributed by atoms with Crippen molar-refractivity contribution in [2.45, 2.75) is 6.54 Å². The smallest absolute Gasteiger partial charge is 0.204 e. The van der Waals surface area contributed by atoms with Crippen LogP contribution in [0.1, 0.15) is 5.56 Å². The van der Waals surface area contributed by atoms with Gasteiger partial charge in [0.25, 0.3) is 0 Å². The number of ether oxygens (including phenoxy) is 1. The van der Waals surface area contributed by atoms with Gasteiger partial charge in [-0.3, -0.25) is 0 Å². The first kappa shape index (κ1) is 13.1. The Balaban J connectivity index is 2.25. The summed E-state index contributed by atoms with van der Waals surface area (Å²) in [5.74, 6) is 0.999. The first-order chi connectivity index (χ1) is 9.11. The van der Waals surface area contributed by atoms with Gasteiger partial charge < -0.3 is 15.4 Å². The molecule has 2 rings (SSSR count). The van der Waals surface area contributed by atoms with Gasteiger partial charge in [-0.25, -0.2) is 14.4 Å². The fourth-order valence-corrected chi connectivity index (χ4v) is 1.83. The summed E-state index contributed by atoms with van der Waals surface area (Å²) in [5.41, 5.74) is 6.56. The highest BCUT2D eigenvalue weighted by Gasteiger charge is 2.14. The van der Waals surface area contributed by atoms with Crippen molar-refractivity contribution in [3.8, 4) is 5.75 Å². The van der Waals surface area contributed by atoms with Crippen molar-refractivity contribution in [3.63, 3.8) is 0 Å². The van der Waals surface area contributed by atoms with E-state index in [1.54, 1.807) is 6.07 Å². The van der Waals surface area contributed by atoms with Gasteiger partial charge in [0.15, 0.2) is 11.6 Å². The number of benzene rings is 1. The zero-order chi connectivity index (χ0) is 13.8. The predicted molar refractivity (Wildman–Crippen MR) is 71.5 cm³/mol. The molecule has 5 nitrogen and oxygen atoms in total. The van der Waals surface area contributed by atoms with E-state index in [1.807, 2.05) is 18.0 Å². The number of rotatable bonds is 4. The van der Waals surface area contributed by atoms with E-state index in [0.717, 1.165) is 5.56 Å². The summed E-state index contributed by atoms with van der Waals surface area (Å²) in [5, 5.41) is 0. The molecule has 0 amide bonds.